The van der Waals surface area contributed by atoms with E-state index >= 15 is 0 Å². The molecule has 23 heavy (non-hydrogen) atoms. The minimum absolute atomic E-state index is 0.0812. The molecular weight excluding hydrogens is 294 g/mol. The lowest BCUT2D eigenvalue weighted by Gasteiger charge is -2.24. The van der Waals surface area contributed by atoms with E-state index in [2.05, 4.69) is 9.97 Å². The summed E-state index contributed by atoms with van der Waals surface area (Å²) in [6, 6.07) is 7.03. The van der Waals surface area contributed by atoms with Gasteiger partial charge in [-0.05, 0) is 31.4 Å². The molecule has 6 heteroatoms. The molecular formula is C17H21N3O3. The molecule has 0 bridgehead atoms. The van der Waals surface area contributed by atoms with Crippen molar-refractivity contribution in [2.24, 2.45) is 0 Å². The Hall–Kier alpha value is -2.21. The van der Waals surface area contributed by atoms with Crippen LogP contribution < -0.4 is 5.56 Å². The average Bonchev–Trinajstić information content (AvgIpc) is 3.07. The number of aromatic amines is 1. The molecule has 1 aromatic carbocycles. The van der Waals surface area contributed by atoms with Crippen LogP contribution in [0.1, 0.15) is 36.8 Å². The molecule has 1 aliphatic heterocycles. The smallest absolute Gasteiger partial charge is 0.289 e. The van der Waals surface area contributed by atoms with E-state index in [0.717, 1.165) is 25.9 Å². The Morgan fingerprint density at radius 2 is 2.26 bits per heavy atom. The highest BCUT2D eigenvalue weighted by molar-refractivity contribution is 5.92. The second kappa shape index (κ2) is 6.91. The molecule has 0 spiro atoms. The van der Waals surface area contributed by atoms with Gasteiger partial charge in [0.05, 0.1) is 17.0 Å². The van der Waals surface area contributed by atoms with Crippen molar-refractivity contribution in [2.45, 2.75) is 32.3 Å². The van der Waals surface area contributed by atoms with E-state index in [4.69, 9.17) is 4.74 Å². The first-order valence-electron chi connectivity index (χ1n) is 8.09. The number of ether oxygens (including phenoxy) is 1. The number of benzene rings is 1. The molecule has 2 aromatic rings. The fourth-order valence-corrected chi connectivity index (χ4v) is 2.92. The number of nitrogens with zero attached hydrogens (tertiary/aromatic N) is 2. The van der Waals surface area contributed by atoms with Gasteiger partial charge in [-0.1, -0.05) is 19.1 Å². The highest BCUT2D eigenvalue weighted by atomic mass is 16.5. The third-order valence-corrected chi connectivity index (χ3v) is 4.04. The van der Waals surface area contributed by atoms with Gasteiger partial charge in [-0.2, -0.15) is 0 Å². The molecule has 2 heterocycles. The molecule has 1 N–H and O–H groups in total. The van der Waals surface area contributed by atoms with E-state index in [1.165, 1.54) is 0 Å². The second-order valence-electron chi connectivity index (χ2n) is 5.82. The molecule has 0 radical (unpaired) electrons. The normalized spacial score (nSPS) is 17.5. The zero-order chi connectivity index (χ0) is 16.2. The van der Waals surface area contributed by atoms with Crippen LogP contribution in [0.4, 0.5) is 0 Å². The SMILES string of the molecule is CCCN(C[C@H]1CCCO1)C(=O)c1nc2ccccc2c(=O)[nH]1. The van der Waals surface area contributed by atoms with Crippen molar-refractivity contribution in [3.05, 3.63) is 40.4 Å². The Morgan fingerprint density at radius 3 is 3.00 bits per heavy atom. The molecule has 1 atom stereocenters. The van der Waals surface area contributed by atoms with Crippen molar-refractivity contribution < 1.29 is 9.53 Å². The van der Waals surface area contributed by atoms with Crippen molar-refractivity contribution >= 4 is 16.8 Å². The first-order valence-corrected chi connectivity index (χ1v) is 8.09. The lowest BCUT2D eigenvalue weighted by atomic mass is 10.2. The first kappa shape index (κ1) is 15.7. The molecule has 3 rings (SSSR count). The van der Waals surface area contributed by atoms with E-state index in [9.17, 15) is 9.59 Å². The quantitative estimate of drug-likeness (QED) is 0.915. The topological polar surface area (TPSA) is 75.3 Å². The van der Waals surface area contributed by atoms with E-state index in [1.54, 1.807) is 29.2 Å². The third-order valence-electron chi connectivity index (χ3n) is 4.04. The fraction of sp³-hybridized carbons (Fsp3) is 0.471. The summed E-state index contributed by atoms with van der Waals surface area (Å²) in [5.74, 6) is -0.148. The summed E-state index contributed by atoms with van der Waals surface area (Å²) >= 11 is 0. The van der Waals surface area contributed by atoms with Gasteiger partial charge < -0.3 is 14.6 Å². The standard InChI is InChI=1S/C17H21N3O3/c1-2-9-20(11-12-6-5-10-23-12)17(22)15-18-14-8-4-3-7-13(14)16(21)19-15/h3-4,7-8,12H,2,5-6,9-11H2,1H3,(H,18,19,21)/t12-/m1/s1. The molecule has 1 saturated heterocycles. The second-order valence-corrected chi connectivity index (χ2v) is 5.82. The summed E-state index contributed by atoms with van der Waals surface area (Å²) in [4.78, 5) is 33.6. The number of H-pyrrole nitrogens is 1. The molecule has 1 aliphatic rings. The average molecular weight is 315 g/mol. The molecule has 6 nitrogen and oxygen atoms in total. The first-order chi connectivity index (χ1) is 11.2. The largest absolute Gasteiger partial charge is 0.376 e. The van der Waals surface area contributed by atoms with Crippen molar-refractivity contribution in [2.75, 3.05) is 19.7 Å². The number of hydrogen-bond donors (Lipinski definition) is 1. The zero-order valence-corrected chi connectivity index (χ0v) is 13.2. The van der Waals surface area contributed by atoms with Crippen LogP contribution in [0.3, 0.4) is 0 Å². The van der Waals surface area contributed by atoms with Gasteiger partial charge in [-0.15, -0.1) is 0 Å². The fourth-order valence-electron chi connectivity index (χ4n) is 2.92. The third kappa shape index (κ3) is 3.42. The van der Waals surface area contributed by atoms with E-state index < -0.39 is 0 Å². The van der Waals surface area contributed by atoms with Crippen molar-refractivity contribution in [3.8, 4) is 0 Å². The number of hydrogen-bond acceptors (Lipinski definition) is 4. The molecule has 1 fully saturated rings. The van der Waals surface area contributed by atoms with Crippen LogP contribution in [0.2, 0.25) is 0 Å². The predicted octanol–water partition coefficient (Wildman–Crippen LogP) is 1.95. The zero-order valence-electron chi connectivity index (χ0n) is 13.2. The summed E-state index contributed by atoms with van der Waals surface area (Å²) in [6.45, 7) is 3.94. The number of rotatable bonds is 5. The number of aromatic nitrogens is 2. The van der Waals surface area contributed by atoms with Gasteiger partial charge in [0.1, 0.15) is 0 Å². The molecule has 1 aromatic heterocycles. The van der Waals surface area contributed by atoms with Crippen LogP contribution in [0.5, 0.6) is 0 Å². The van der Waals surface area contributed by atoms with Crippen molar-refractivity contribution in [1.82, 2.24) is 14.9 Å². The highest BCUT2D eigenvalue weighted by Crippen LogP contribution is 2.15. The summed E-state index contributed by atoms with van der Waals surface area (Å²) in [5.41, 5.74) is 0.251. The van der Waals surface area contributed by atoms with Crippen molar-refractivity contribution in [1.29, 1.82) is 0 Å². The Labute approximate surface area is 134 Å². The summed E-state index contributed by atoms with van der Waals surface area (Å²) in [5, 5.41) is 0.491. The maximum atomic E-state index is 12.8. The van der Waals surface area contributed by atoms with E-state index in [0.29, 0.717) is 24.0 Å². The Balaban J connectivity index is 1.88. The number of para-hydroxylation sites is 1. The van der Waals surface area contributed by atoms with Gasteiger partial charge in [-0.25, -0.2) is 4.98 Å². The van der Waals surface area contributed by atoms with Crippen LogP contribution in [0.25, 0.3) is 10.9 Å². The summed E-state index contributed by atoms with van der Waals surface area (Å²) in [7, 11) is 0. The van der Waals surface area contributed by atoms with Crippen LogP contribution in [0, 0.1) is 0 Å². The summed E-state index contributed by atoms with van der Waals surface area (Å²) in [6.07, 6.45) is 2.92. The Bertz CT molecular complexity index is 750. The van der Waals surface area contributed by atoms with Gasteiger partial charge in [0, 0.05) is 19.7 Å². The number of nitrogens with one attached hydrogen (secondary N) is 1. The van der Waals surface area contributed by atoms with Crippen LogP contribution in [-0.4, -0.2) is 46.6 Å². The van der Waals surface area contributed by atoms with Gasteiger partial charge in [0.25, 0.3) is 11.5 Å². The number of carbonyl (C=O) groups is 1. The van der Waals surface area contributed by atoms with Crippen LogP contribution in [-0.2, 0) is 4.74 Å². The Morgan fingerprint density at radius 1 is 1.43 bits per heavy atom. The lowest BCUT2D eigenvalue weighted by molar-refractivity contribution is 0.0517. The number of carbonyl (C=O) groups excluding carboxylic acids is 1. The van der Waals surface area contributed by atoms with Gasteiger partial charge in [0.2, 0.25) is 0 Å². The van der Waals surface area contributed by atoms with Gasteiger partial charge >= 0.3 is 0 Å². The molecule has 0 unspecified atom stereocenters. The van der Waals surface area contributed by atoms with E-state index in [1.807, 2.05) is 6.92 Å². The highest BCUT2D eigenvalue weighted by Gasteiger charge is 2.24. The van der Waals surface area contributed by atoms with Crippen LogP contribution >= 0.6 is 0 Å². The van der Waals surface area contributed by atoms with Gasteiger partial charge in [0.15, 0.2) is 5.82 Å². The van der Waals surface area contributed by atoms with E-state index in [-0.39, 0.29) is 23.4 Å². The Kier molecular flexibility index (Phi) is 4.71. The molecule has 0 aliphatic carbocycles. The molecule has 122 valence electrons. The lowest BCUT2D eigenvalue weighted by Crippen LogP contribution is -2.39. The van der Waals surface area contributed by atoms with Crippen molar-refractivity contribution in [3.63, 3.8) is 0 Å². The summed E-state index contributed by atoms with van der Waals surface area (Å²) < 4.78 is 5.62. The minimum atomic E-state index is -0.285. The number of amides is 1. The monoisotopic (exact) mass is 315 g/mol. The molecule has 0 saturated carbocycles. The minimum Gasteiger partial charge on any atom is -0.376 e. The molecule has 1 amide bonds. The maximum Gasteiger partial charge on any atom is 0.289 e. The number of fused-ring (bicyclic) bond motifs is 1. The van der Waals surface area contributed by atoms with Gasteiger partial charge in [-0.3, -0.25) is 9.59 Å². The maximum absolute atomic E-state index is 12.8. The predicted molar refractivity (Wildman–Crippen MR) is 87.5 cm³/mol. The van der Waals surface area contributed by atoms with Crippen LogP contribution in [0.15, 0.2) is 29.1 Å².